The Morgan fingerprint density at radius 3 is 2.45 bits per heavy atom. The third-order valence-corrected chi connectivity index (χ3v) is 6.19. The van der Waals surface area contributed by atoms with E-state index in [1.807, 2.05) is 50.2 Å². The van der Waals surface area contributed by atoms with Gasteiger partial charge in [0.15, 0.2) is 0 Å². The third-order valence-electron chi connectivity index (χ3n) is 5.30. The van der Waals surface area contributed by atoms with E-state index in [1.54, 1.807) is 17.5 Å². The lowest BCUT2D eigenvalue weighted by atomic mass is 10.1. The molecule has 2 aromatic carbocycles. The van der Waals surface area contributed by atoms with Gasteiger partial charge in [0.1, 0.15) is 11.2 Å². The Morgan fingerprint density at radius 1 is 1.03 bits per heavy atom. The van der Waals surface area contributed by atoms with Gasteiger partial charge in [-0.1, -0.05) is 36.8 Å². The number of rotatable bonds is 5. The van der Waals surface area contributed by atoms with Crippen molar-refractivity contribution >= 4 is 33.1 Å². The fourth-order valence-electron chi connectivity index (χ4n) is 3.68. The van der Waals surface area contributed by atoms with E-state index in [0.717, 1.165) is 22.1 Å². The molecule has 0 saturated heterocycles. The summed E-state index contributed by atoms with van der Waals surface area (Å²) in [5.41, 5.74) is 3.81. The molecule has 0 aliphatic rings. The number of benzene rings is 2. The van der Waals surface area contributed by atoms with Crippen molar-refractivity contribution in [1.82, 2.24) is 9.13 Å². The van der Waals surface area contributed by atoms with Crippen LogP contribution in [0.1, 0.15) is 23.6 Å². The molecule has 0 aliphatic heterocycles. The van der Waals surface area contributed by atoms with Crippen LogP contribution in [0.25, 0.3) is 15.9 Å². The molecule has 2 heterocycles. The van der Waals surface area contributed by atoms with Gasteiger partial charge < -0.3 is 5.32 Å². The highest BCUT2D eigenvalue weighted by Gasteiger charge is 2.18. The number of hydrogen-bond donors (Lipinski definition) is 1. The number of amides is 1. The fourth-order valence-corrected chi connectivity index (χ4v) is 4.50. The quantitative estimate of drug-likeness (QED) is 0.516. The average Bonchev–Trinajstić information content (AvgIpc) is 3.23. The van der Waals surface area contributed by atoms with Gasteiger partial charge in [0.2, 0.25) is 5.91 Å². The van der Waals surface area contributed by atoms with Crippen LogP contribution >= 0.6 is 11.3 Å². The Morgan fingerprint density at radius 2 is 1.77 bits per heavy atom. The first-order valence-electron chi connectivity index (χ1n) is 10.1. The molecule has 0 fully saturated rings. The summed E-state index contributed by atoms with van der Waals surface area (Å²) < 4.78 is 2.97. The summed E-state index contributed by atoms with van der Waals surface area (Å²) in [6, 6.07) is 14.9. The summed E-state index contributed by atoms with van der Waals surface area (Å²) in [6.07, 6.45) is 0.916. The Bertz CT molecular complexity index is 1390. The Balaban J connectivity index is 1.77. The van der Waals surface area contributed by atoms with E-state index in [-0.39, 0.29) is 18.0 Å². The molecule has 0 unspecified atom stereocenters. The first-order valence-corrected chi connectivity index (χ1v) is 11.0. The lowest BCUT2D eigenvalue weighted by molar-refractivity contribution is -0.116. The monoisotopic (exact) mass is 433 g/mol. The summed E-state index contributed by atoms with van der Waals surface area (Å²) in [5.74, 6) is -0.329. The number of nitrogens with one attached hydrogen (secondary N) is 1. The molecule has 4 aromatic rings. The first-order chi connectivity index (χ1) is 14.9. The van der Waals surface area contributed by atoms with Crippen LogP contribution in [-0.2, 0) is 17.8 Å². The van der Waals surface area contributed by atoms with Gasteiger partial charge in [-0.2, -0.15) is 0 Å². The van der Waals surface area contributed by atoms with Crippen LogP contribution in [0.4, 0.5) is 5.69 Å². The SMILES string of the molecule is CCc1ccc(NC(=O)Cn2c(=O)n(-c3ccc(C)cc3C)c(=O)c3sccc32)cc1. The van der Waals surface area contributed by atoms with E-state index in [4.69, 9.17) is 0 Å². The maximum Gasteiger partial charge on any atom is 0.336 e. The summed E-state index contributed by atoms with van der Waals surface area (Å²) in [6.45, 7) is 5.70. The van der Waals surface area contributed by atoms with Gasteiger partial charge in [-0.25, -0.2) is 9.36 Å². The van der Waals surface area contributed by atoms with E-state index < -0.39 is 5.69 Å². The predicted octanol–water partition coefficient (Wildman–Crippen LogP) is 4.03. The van der Waals surface area contributed by atoms with Gasteiger partial charge in [0.25, 0.3) is 5.56 Å². The van der Waals surface area contributed by atoms with Crippen LogP contribution in [0.15, 0.2) is 63.5 Å². The molecule has 31 heavy (non-hydrogen) atoms. The molecule has 0 radical (unpaired) electrons. The highest BCUT2D eigenvalue weighted by Crippen LogP contribution is 2.19. The summed E-state index contributed by atoms with van der Waals surface area (Å²) in [4.78, 5) is 39.2. The Labute approximate surface area is 183 Å². The van der Waals surface area contributed by atoms with E-state index in [9.17, 15) is 14.4 Å². The Kier molecular flexibility index (Phi) is 5.61. The standard InChI is InChI=1S/C24H23N3O3S/c1-4-17-6-8-18(9-7-17)25-21(28)14-26-20-11-12-31-22(20)23(29)27(24(26)30)19-10-5-15(2)13-16(19)3/h5-13H,4,14H2,1-3H3,(H,25,28). The van der Waals surface area contributed by atoms with Gasteiger partial charge in [-0.15, -0.1) is 11.3 Å². The number of carbonyl (C=O) groups is 1. The fraction of sp³-hybridized carbons (Fsp3) is 0.208. The molecular formula is C24H23N3O3S. The largest absolute Gasteiger partial charge is 0.336 e. The molecule has 4 rings (SSSR count). The van der Waals surface area contributed by atoms with Crippen molar-refractivity contribution in [3.8, 4) is 5.69 Å². The van der Waals surface area contributed by atoms with Crippen LogP contribution in [-0.4, -0.2) is 15.0 Å². The molecule has 6 nitrogen and oxygen atoms in total. The van der Waals surface area contributed by atoms with Crippen molar-refractivity contribution in [2.24, 2.45) is 0 Å². The van der Waals surface area contributed by atoms with Crippen molar-refractivity contribution in [2.45, 2.75) is 33.7 Å². The normalized spacial score (nSPS) is 11.1. The van der Waals surface area contributed by atoms with Crippen molar-refractivity contribution in [3.05, 3.63) is 91.4 Å². The molecule has 0 bridgehead atoms. The summed E-state index contributed by atoms with van der Waals surface area (Å²) in [7, 11) is 0. The van der Waals surface area contributed by atoms with E-state index in [0.29, 0.717) is 21.6 Å². The number of aromatic nitrogens is 2. The minimum Gasteiger partial charge on any atom is -0.325 e. The molecule has 2 aromatic heterocycles. The molecular weight excluding hydrogens is 410 g/mol. The zero-order valence-corrected chi connectivity index (χ0v) is 18.5. The maximum absolute atomic E-state index is 13.4. The van der Waals surface area contributed by atoms with Gasteiger partial charge >= 0.3 is 5.69 Å². The van der Waals surface area contributed by atoms with Crippen LogP contribution in [0.3, 0.4) is 0 Å². The molecule has 0 atom stereocenters. The number of fused-ring (bicyclic) bond motifs is 1. The second-order valence-electron chi connectivity index (χ2n) is 7.53. The zero-order valence-electron chi connectivity index (χ0n) is 17.6. The van der Waals surface area contributed by atoms with Crippen LogP contribution < -0.4 is 16.6 Å². The van der Waals surface area contributed by atoms with E-state index >= 15 is 0 Å². The third kappa shape index (κ3) is 3.96. The van der Waals surface area contributed by atoms with E-state index in [1.165, 1.54) is 21.5 Å². The second kappa shape index (κ2) is 8.35. The topological polar surface area (TPSA) is 73.1 Å². The summed E-state index contributed by atoms with van der Waals surface area (Å²) >= 11 is 1.27. The van der Waals surface area contributed by atoms with Crippen molar-refractivity contribution in [1.29, 1.82) is 0 Å². The lowest BCUT2D eigenvalue weighted by Gasteiger charge is -2.14. The van der Waals surface area contributed by atoms with Gasteiger partial charge in [-0.3, -0.25) is 14.2 Å². The minimum atomic E-state index is -0.528. The van der Waals surface area contributed by atoms with Crippen LogP contribution in [0.5, 0.6) is 0 Å². The molecule has 0 aliphatic carbocycles. The zero-order chi connectivity index (χ0) is 22.1. The number of anilines is 1. The number of nitrogens with zero attached hydrogens (tertiary/aromatic N) is 2. The van der Waals surface area contributed by atoms with Crippen LogP contribution in [0.2, 0.25) is 0 Å². The molecule has 7 heteroatoms. The van der Waals surface area contributed by atoms with Crippen molar-refractivity contribution < 1.29 is 4.79 Å². The Hall–Kier alpha value is -3.45. The smallest absolute Gasteiger partial charge is 0.325 e. The second-order valence-corrected chi connectivity index (χ2v) is 8.45. The molecule has 0 saturated carbocycles. The molecule has 1 amide bonds. The predicted molar refractivity (Wildman–Crippen MR) is 126 cm³/mol. The molecule has 0 spiro atoms. The highest BCUT2D eigenvalue weighted by atomic mass is 32.1. The highest BCUT2D eigenvalue weighted by molar-refractivity contribution is 7.17. The number of hydrogen-bond acceptors (Lipinski definition) is 4. The first kappa shape index (κ1) is 20.8. The number of aryl methyl sites for hydroxylation is 3. The van der Waals surface area contributed by atoms with E-state index in [2.05, 4.69) is 12.2 Å². The number of carbonyl (C=O) groups excluding carboxylic acids is 1. The average molecular weight is 434 g/mol. The van der Waals surface area contributed by atoms with Crippen molar-refractivity contribution in [2.75, 3.05) is 5.32 Å². The van der Waals surface area contributed by atoms with Crippen molar-refractivity contribution in [3.63, 3.8) is 0 Å². The van der Waals surface area contributed by atoms with Crippen LogP contribution in [0, 0.1) is 13.8 Å². The summed E-state index contributed by atoms with van der Waals surface area (Å²) in [5, 5.41) is 4.60. The van der Waals surface area contributed by atoms with Gasteiger partial charge in [-0.05, 0) is 61.0 Å². The lowest BCUT2D eigenvalue weighted by Crippen LogP contribution is -2.40. The van der Waals surface area contributed by atoms with Gasteiger partial charge in [0.05, 0.1) is 11.2 Å². The maximum atomic E-state index is 13.4. The minimum absolute atomic E-state index is 0.188. The molecule has 1 N–H and O–H groups in total. The number of thiophene rings is 1. The molecule has 158 valence electrons. The van der Waals surface area contributed by atoms with Gasteiger partial charge in [0, 0.05) is 5.69 Å².